The Morgan fingerprint density at radius 2 is 0.889 bits per heavy atom. The van der Waals surface area contributed by atoms with Crippen LogP contribution >= 0.6 is 23.2 Å². The van der Waals surface area contributed by atoms with Crippen molar-refractivity contribution in [2.45, 2.75) is 35.0 Å². The van der Waals surface area contributed by atoms with E-state index in [2.05, 4.69) is 23.2 Å². The van der Waals surface area contributed by atoms with E-state index in [1.807, 2.05) is 0 Å². The average Bonchev–Trinajstić information content (AvgIpc) is 2.15. The van der Waals surface area contributed by atoms with Crippen molar-refractivity contribution in [2.75, 3.05) is 0 Å². The largest absolute Gasteiger partial charge is 0.384 e. The molecule has 0 aliphatic rings. The van der Waals surface area contributed by atoms with E-state index in [4.69, 9.17) is 0 Å². The summed E-state index contributed by atoms with van der Waals surface area (Å²) in [7, 11) is 0. The van der Waals surface area contributed by atoms with Crippen molar-refractivity contribution < 1.29 is 43.9 Å². The van der Waals surface area contributed by atoms with Crippen LogP contribution in [0.2, 0.25) is 0 Å². The summed E-state index contributed by atoms with van der Waals surface area (Å²) in [5, 5.41) is 0. The van der Waals surface area contributed by atoms with Gasteiger partial charge in [0, 0.05) is 0 Å². The van der Waals surface area contributed by atoms with E-state index < -0.39 is 35.0 Å². The van der Waals surface area contributed by atoms with Gasteiger partial charge in [-0.1, -0.05) is 23.2 Å². The minimum Gasteiger partial charge on any atom is -0.203 e. The van der Waals surface area contributed by atoms with Gasteiger partial charge in [-0.05, 0) is 0 Å². The molecule has 18 heavy (non-hydrogen) atoms. The first-order valence-electron chi connectivity index (χ1n) is 3.71. The zero-order valence-corrected chi connectivity index (χ0v) is 9.20. The van der Waals surface area contributed by atoms with Gasteiger partial charge < -0.3 is 0 Å². The van der Waals surface area contributed by atoms with E-state index in [1.165, 1.54) is 0 Å². The van der Waals surface area contributed by atoms with Crippen molar-refractivity contribution in [2.24, 2.45) is 0 Å². The molecule has 0 saturated carbocycles. The highest BCUT2D eigenvalue weighted by Crippen LogP contribution is 2.56. The van der Waals surface area contributed by atoms with E-state index in [9.17, 15) is 43.9 Å². The standard InChI is InChI=1S/C6H2Cl2F10/c7-1(8)3(11,12)5(15,16)6(17,18)4(13,14)2(9)10/h1-2H. The Morgan fingerprint density at radius 3 is 1.11 bits per heavy atom. The topological polar surface area (TPSA) is 0 Å². The Labute approximate surface area is 103 Å². The van der Waals surface area contributed by atoms with Gasteiger partial charge >= 0.3 is 30.1 Å². The first-order valence-corrected chi connectivity index (χ1v) is 4.58. The quantitative estimate of drug-likeness (QED) is 0.509. The van der Waals surface area contributed by atoms with Crippen LogP contribution in [0.5, 0.6) is 0 Å². The summed E-state index contributed by atoms with van der Waals surface area (Å²) < 4.78 is 123. The molecule has 0 spiro atoms. The Morgan fingerprint density at radius 1 is 0.611 bits per heavy atom. The first kappa shape index (κ1) is 17.9. The van der Waals surface area contributed by atoms with Crippen molar-refractivity contribution in [3.05, 3.63) is 0 Å². The lowest BCUT2D eigenvalue weighted by Gasteiger charge is -2.36. The summed E-state index contributed by atoms with van der Waals surface area (Å²) in [5.74, 6) is -26.7. The Balaban J connectivity index is 5.74. The first-order chi connectivity index (χ1) is 7.64. The molecular weight excluding hydrogens is 333 g/mol. The molecule has 0 radical (unpaired) electrons. The molecule has 0 aliphatic carbocycles. The molecule has 0 aromatic rings. The fourth-order valence-corrected chi connectivity index (χ4v) is 0.967. The maximum Gasteiger partial charge on any atom is 0.384 e. The van der Waals surface area contributed by atoms with E-state index in [1.54, 1.807) is 0 Å². The molecule has 0 fully saturated rings. The Kier molecular flexibility index (Phi) is 4.74. The SMILES string of the molecule is FC(F)C(F)(F)C(F)(F)C(F)(F)C(F)(F)C(Cl)Cl. The molecule has 0 aliphatic heterocycles. The van der Waals surface area contributed by atoms with E-state index >= 15 is 0 Å². The normalized spacial score (nSPS) is 15.7. The van der Waals surface area contributed by atoms with E-state index in [0.29, 0.717) is 0 Å². The molecule has 12 heteroatoms. The number of alkyl halides is 12. The monoisotopic (exact) mass is 334 g/mol. The van der Waals surface area contributed by atoms with Crippen LogP contribution in [0.4, 0.5) is 43.9 Å². The molecule has 0 heterocycles. The third-order valence-electron chi connectivity index (χ3n) is 1.78. The van der Waals surface area contributed by atoms with Crippen LogP contribution in [0.15, 0.2) is 0 Å². The van der Waals surface area contributed by atoms with Gasteiger partial charge in [-0.2, -0.15) is 35.1 Å². The van der Waals surface area contributed by atoms with Crippen LogP contribution in [0, 0.1) is 0 Å². The van der Waals surface area contributed by atoms with Gasteiger partial charge in [0.25, 0.3) is 0 Å². The maximum absolute atomic E-state index is 12.6. The molecule has 0 aromatic carbocycles. The minimum absolute atomic E-state index is 3.51. The van der Waals surface area contributed by atoms with Crippen LogP contribution in [0.25, 0.3) is 0 Å². The van der Waals surface area contributed by atoms with Gasteiger partial charge in [-0.3, -0.25) is 0 Å². The Hall–Kier alpha value is -0.120. The number of rotatable bonds is 5. The molecule has 0 saturated heterocycles. The van der Waals surface area contributed by atoms with Gasteiger partial charge in [0.15, 0.2) is 4.84 Å². The van der Waals surface area contributed by atoms with E-state index in [-0.39, 0.29) is 0 Å². The van der Waals surface area contributed by atoms with Crippen LogP contribution in [0.3, 0.4) is 0 Å². The third-order valence-corrected chi connectivity index (χ3v) is 2.33. The molecule has 0 atom stereocenters. The van der Waals surface area contributed by atoms with Crippen molar-refractivity contribution in [3.8, 4) is 0 Å². The average molecular weight is 335 g/mol. The maximum atomic E-state index is 12.6. The fourth-order valence-electron chi connectivity index (χ4n) is 0.693. The fraction of sp³-hybridized carbons (Fsp3) is 1.00. The lowest BCUT2D eigenvalue weighted by molar-refractivity contribution is -0.381. The van der Waals surface area contributed by atoms with Gasteiger partial charge in [0.2, 0.25) is 0 Å². The zero-order chi connectivity index (χ0) is 15.2. The van der Waals surface area contributed by atoms with Crippen LogP contribution in [-0.2, 0) is 0 Å². The lowest BCUT2D eigenvalue weighted by atomic mass is 10.00. The highest BCUT2D eigenvalue weighted by Gasteiger charge is 2.84. The Bertz CT molecular complexity index is 269. The third kappa shape index (κ3) is 2.33. The summed E-state index contributed by atoms with van der Waals surface area (Å²) in [6, 6.07) is 0. The second kappa shape index (κ2) is 4.77. The van der Waals surface area contributed by atoms with Crippen molar-refractivity contribution in [1.82, 2.24) is 0 Å². The predicted molar refractivity (Wildman–Crippen MR) is 41.3 cm³/mol. The number of hydrogen-bond donors (Lipinski definition) is 0. The zero-order valence-electron chi connectivity index (χ0n) is 7.69. The van der Waals surface area contributed by atoms with Crippen molar-refractivity contribution >= 4 is 23.2 Å². The van der Waals surface area contributed by atoms with Crippen molar-refractivity contribution in [1.29, 1.82) is 0 Å². The molecule has 0 nitrogen and oxygen atoms in total. The molecule has 0 amide bonds. The molecular formula is C6H2Cl2F10. The van der Waals surface area contributed by atoms with Crippen molar-refractivity contribution in [3.63, 3.8) is 0 Å². The van der Waals surface area contributed by atoms with E-state index in [0.717, 1.165) is 0 Å². The molecule has 0 N–H and O–H groups in total. The number of hydrogen-bond acceptors (Lipinski definition) is 0. The van der Waals surface area contributed by atoms with Gasteiger partial charge in [-0.25, -0.2) is 8.78 Å². The number of halogens is 12. The van der Waals surface area contributed by atoms with Gasteiger partial charge in [0.1, 0.15) is 0 Å². The van der Waals surface area contributed by atoms with Crippen LogP contribution < -0.4 is 0 Å². The molecule has 0 unspecified atom stereocenters. The van der Waals surface area contributed by atoms with Crippen LogP contribution in [-0.4, -0.2) is 35.0 Å². The summed E-state index contributed by atoms with van der Waals surface area (Å²) in [6.45, 7) is 0. The van der Waals surface area contributed by atoms with Gasteiger partial charge in [0.05, 0.1) is 0 Å². The second-order valence-electron chi connectivity index (χ2n) is 3.00. The highest BCUT2D eigenvalue weighted by atomic mass is 35.5. The summed E-state index contributed by atoms with van der Waals surface area (Å²) >= 11 is 8.52. The van der Waals surface area contributed by atoms with Crippen LogP contribution in [0.1, 0.15) is 0 Å². The minimum atomic E-state index is -7.06. The van der Waals surface area contributed by atoms with Gasteiger partial charge in [-0.15, -0.1) is 0 Å². The molecule has 0 bridgehead atoms. The smallest absolute Gasteiger partial charge is 0.203 e. The molecule has 0 aromatic heterocycles. The summed E-state index contributed by atoms with van der Waals surface area (Å²) in [6.07, 6.45) is -5.29. The highest BCUT2D eigenvalue weighted by molar-refractivity contribution is 6.45. The summed E-state index contributed by atoms with van der Waals surface area (Å²) in [4.78, 5) is -3.51. The lowest BCUT2D eigenvalue weighted by Crippen LogP contribution is -2.65. The molecule has 0 rings (SSSR count). The predicted octanol–water partition coefficient (Wildman–Crippen LogP) is 4.60. The summed E-state index contributed by atoms with van der Waals surface area (Å²) in [5.41, 5.74) is 0. The second-order valence-corrected chi connectivity index (χ2v) is 4.09. The molecule has 110 valence electrons.